The largest absolute Gasteiger partial charge is 0.420 e. The SMILES string of the molecule is CCc1cc2c(cc1Nc1ncc(C(F)(F)F)c(-c3cc4c(s3)C(=O)N(C3CC3)CCS4(=O)=O)n1)CCN(CC1CC1)C2. The van der Waals surface area contributed by atoms with Crippen LogP contribution in [0.3, 0.4) is 0 Å². The third kappa shape index (κ3) is 5.66. The number of benzene rings is 1. The van der Waals surface area contributed by atoms with Gasteiger partial charge in [0, 0.05) is 44.1 Å². The summed E-state index contributed by atoms with van der Waals surface area (Å²) in [6.45, 7) is 5.09. The molecule has 2 aliphatic carbocycles. The van der Waals surface area contributed by atoms with Crippen molar-refractivity contribution in [3.8, 4) is 10.6 Å². The molecule has 2 fully saturated rings. The number of anilines is 2. The predicted molar refractivity (Wildman–Crippen MR) is 157 cm³/mol. The fourth-order valence-electron chi connectivity index (χ4n) is 6.07. The molecule has 7 rings (SSSR count). The van der Waals surface area contributed by atoms with E-state index in [1.165, 1.54) is 34.9 Å². The fraction of sp³-hybridized carbons (Fsp3) is 0.500. The molecule has 0 saturated heterocycles. The summed E-state index contributed by atoms with van der Waals surface area (Å²) >= 11 is 0.748. The minimum Gasteiger partial charge on any atom is -0.334 e. The average Bonchev–Trinajstić information content (AvgIpc) is 3.90. The van der Waals surface area contributed by atoms with E-state index in [1.54, 1.807) is 0 Å². The van der Waals surface area contributed by atoms with Crippen LogP contribution in [0.15, 0.2) is 29.3 Å². The Morgan fingerprint density at radius 3 is 2.58 bits per heavy atom. The number of aryl methyl sites for hydroxylation is 1. The van der Waals surface area contributed by atoms with Crippen molar-refractivity contribution in [1.29, 1.82) is 0 Å². The van der Waals surface area contributed by atoms with Gasteiger partial charge in [0.05, 0.1) is 21.2 Å². The topological polar surface area (TPSA) is 95.5 Å². The number of thiophene rings is 1. The molecule has 4 aliphatic rings. The number of hydrogen-bond acceptors (Lipinski definition) is 8. The maximum atomic E-state index is 14.2. The Kier molecular flexibility index (Phi) is 7.05. The number of amides is 1. The van der Waals surface area contributed by atoms with E-state index < -0.39 is 33.2 Å². The number of nitrogens with zero attached hydrogens (tertiary/aromatic N) is 4. The summed E-state index contributed by atoms with van der Waals surface area (Å²) in [4.78, 5) is 25.3. The molecule has 3 aromatic rings. The van der Waals surface area contributed by atoms with E-state index in [0.717, 1.165) is 73.6 Å². The predicted octanol–water partition coefficient (Wildman–Crippen LogP) is 5.69. The first kappa shape index (κ1) is 28.7. The number of halogens is 3. The molecule has 4 heterocycles. The highest BCUT2D eigenvalue weighted by molar-refractivity contribution is 7.91. The van der Waals surface area contributed by atoms with Gasteiger partial charge in [0.25, 0.3) is 5.91 Å². The molecule has 43 heavy (non-hydrogen) atoms. The average molecular weight is 632 g/mol. The number of nitrogens with one attached hydrogen (secondary N) is 1. The summed E-state index contributed by atoms with van der Waals surface area (Å²) < 4.78 is 68.7. The van der Waals surface area contributed by atoms with Crippen LogP contribution in [0.4, 0.5) is 24.8 Å². The second-order valence-electron chi connectivity index (χ2n) is 12.0. The third-order valence-corrected chi connectivity index (χ3v) is 11.7. The molecule has 0 radical (unpaired) electrons. The van der Waals surface area contributed by atoms with Crippen molar-refractivity contribution in [1.82, 2.24) is 19.8 Å². The van der Waals surface area contributed by atoms with Crippen LogP contribution in [0.2, 0.25) is 0 Å². The van der Waals surface area contributed by atoms with E-state index in [2.05, 4.69) is 26.3 Å². The molecule has 8 nitrogen and oxygen atoms in total. The molecule has 1 N–H and O–H groups in total. The Balaban J connectivity index is 1.24. The molecule has 0 spiro atoms. The van der Waals surface area contributed by atoms with Crippen LogP contribution in [0, 0.1) is 5.92 Å². The first-order valence-corrected chi connectivity index (χ1v) is 17.2. The molecule has 13 heteroatoms. The van der Waals surface area contributed by atoms with Crippen molar-refractivity contribution in [2.24, 2.45) is 5.92 Å². The highest BCUT2D eigenvalue weighted by Gasteiger charge is 2.42. The molecule has 0 bridgehead atoms. The highest BCUT2D eigenvalue weighted by atomic mass is 32.2. The zero-order chi connectivity index (χ0) is 30.1. The summed E-state index contributed by atoms with van der Waals surface area (Å²) in [5, 5.41) is 3.15. The van der Waals surface area contributed by atoms with Crippen molar-refractivity contribution in [3.05, 3.63) is 51.5 Å². The molecule has 0 unspecified atom stereocenters. The van der Waals surface area contributed by atoms with Crippen molar-refractivity contribution < 1.29 is 26.4 Å². The lowest BCUT2D eigenvalue weighted by molar-refractivity contribution is -0.137. The zero-order valence-electron chi connectivity index (χ0n) is 23.7. The van der Waals surface area contributed by atoms with Crippen molar-refractivity contribution >= 4 is 38.7 Å². The van der Waals surface area contributed by atoms with Gasteiger partial charge in [-0.05, 0) is 73.3 Å². The van der Waals surface area contributed by atoms with Crippen molar-refractivity contribution in [2.45, 2.75) is 69.1 Å². The number of sulfone groups is 1. The van der Waals surface area contributed by atoms with Crippen LogP contribution >= 0.6 is 11.3 Å². The smallest absolute Gasteiger partial charge is 0.334 e. The number of carbonyl (C=O) groups excluding carboxylic acids is 1. The van der Waals surface area contributed by atoms with E-state index in [4.69, 9.17) is 0 Å². The standard InChI is InChI=1S/C30H32F3N5O3S2/c1-2-18-11-20-16-37(15-17-3-4-17)8-7-19(20)12-23(18)35-29-34-14-22(30(31,32)33)26(36-29)24-13-25-27(42-24)28(39)38(21-5-6-21)9-10-43(25,40)41/h11-14,17,21H,2-10,15-16H2,1H3,(H,34,35,36). The molecular formula is C30H32F3N5O3S2. The van der Waals surface area contributed by atoms with Crippen LogP contribution in [0.1, 0.15) is 64.5 Å². The van der Waals surface area contributed by atoms with Crippen LogP contribution in [-0.4, -0.2) is 65.5 Å². The van der Waals surface area contributed by atoms with Gasteiger partial charge in [-0.1, -0.05) is 13.0 Å². The number of carbonyl (C=O) groups is 1. The van der Waals surface area contributed by atoms with E-state index >= 15 is 0 Å². The van der Waals surface area contributed by atoms with Gasteiger partial charge >= 0.3 is 6.18 Å². The molecule has 1 amide bonds. The minimum absolute atomic E-state index is 0.0227. The van der Waals surface area contributed by atoms with Gasteiger partial charge in [-0.25, -0.2) is 18.4 Å². The highest BCUT2D eigenvalue weighted by Crippen LogP contribution is 2.43. The number of hydrogen-bond donors (Lipinski definition) is 1. The van der Waals surface area contributed by atoms with Crippen molar-refractivity contribution in [3.63, 3.8) is 0 Å². The maximum absolute atomic E-state index is 14.2. The lowest BCUT2D eigenvalue weighted by atomic mass is 9.95. The van der Waals surface area contributed by atoms with E-state index in [0.29, 0.717) is 6.42 Å². The molecular weight excluding hydrogens is 599 g/mol. The lowest BCUT2D eigenvalue weighted by Gasteiger charge is -2.30. The molecule has 228 valence electrons. The Hall–Kier alpha value is -3.03. The van der Waals surface area contributed by atoms with Crippen LogP contribution < -0.4 is 5.32 Å². The summed E-state index contributed by atoms with van der Waals surface area (Å²) in [7, 11) is -3.87. The zero-order valence-corrected chi connectivity index (χ0v) is 25.3. The van der Waals surface area contributed by atoms with E-state index in [9.17, 15) is 26.4 Å². The van der Waals surface area contributed by atoms with E-state index in [1.807, 2.05) is 13.0 Å². The summed E-state index contributed by atoms with van der Waals surface area (Å²) in [6.07, 6.45) is 1.73. The molecule has 0 atom stereocenters. The molecule has 2 aromatic heterocycles. The summed E-state index contributed by atoms with van der Waals surface area (Å²) in [5.41, 5.74) is 2.68. The second kappa shape index (κ2) is 10.6. The first-order chi connectivity index (χ1) is 20.5. The van der Waals surface area contributed by atoms with Gasteiger partial charge in [0.15, 0.2) is 9.84 Å². The van der Waals surface area contributed by atoms with Gasteiger partial charge in [0.2, 0.25) is 5.95 Å². The minimum atomic E-state index is -4.79. The van der Waals surface area contributed by atoms with E-state index in [-0.39, 0.29) is 38.9 Å². The maximum Gasteiger partial charge on any atom is 0.420 e. The number of aromatic nitrogens is 2. The Labute approximate surface area is 252 Å². The number of alkyl halides is 3. The van der Waals surface area contributed by atoms with Gasteiger partial charge in [-0.3, -0.25) is 9.69 Å². The number of rotatable bonds is 7. The van der Waals surface area contributed by atoms with Gasteiger partial charge in [0.1, 0.15) is 10.4 Å². The van der Waals surface area contributed by atoms with Gasteiger partial charge < -0.3 is 10.2 Å². The van der Waals surface area contributed by atoms with Gasteiger partial charge in [-0.2, -0.15) is 13.2 Å². The second-order valence-corrected chi connectivity index (χ2v) is 15.1. The summed E-state index contributed by atoms with van der Waals surface area (Å²) in [6, 6.07) is 5.37. The summed E-state index contributed by atoms with van der Waals surface area (Å²) in [5.74, 6) is 0.0691. The Bertz CT molecular complexity index is 1710. The monoisotopic (exact) mass is 631 g/mol. The first-order valence-electron chi connectivity index (χ1n) is 14.8. The lowest BCUT2D eigenvalue weighted by Crippen LogP contribution is -2.34. The normalized spacial score (nSPS) is 20.5. The Morgan fingerprint density at radius 1 is 1.09 bits per heavy atom. The van der Waals surface area contributed by atoms with Crippen LogP contribution in [-0.2, 0) is 35.4 Å². The third-order valence-electron chi connectivity index (χ3n) is 8.76. The quantitative estimate of drug-likeness (QED) is 0.358. The fourth-order valence-corrected chi connectivity index (χ4v) is 8.99. The number of fused-ring (bicyclic) bond motifs is 2. The van der Waals surface area contributed by atoms with Crippen LogP contribution in [0.25, 0.3) is 10.6 Å². The Morgan fingerprint density at radius 2 is 1.88 bits per heavy atom. The molecule has 2 saturated carbocycles. The molecule has 2 aliphatic heterocycles. The van der Waals surface area contributed by atoms with Gasteiger partial charge in [-0.15, -0.1) is 11.3 Å². The van der Waals surface area contributed by atoms with Crippen LogP contribution in [0.5, 0.6) is 0 Å². The van der Waals surface area contributed by atoms with Crippen molar-refractivity contribution in [2.75, 3.05) is 30.7 Å². The molecule has 1 aromatic carbocycles.